The van der Waals surface area contributed by atoms with Crippen molar-refractivity contribution in [2.45, 2.75) is 173 Å². The van der Waals surface area contributed by atoms with Gasteiger partial charge in [-0.3, -0.25) is 0 Å². The number of aryl methyl sites for hydroxylation is 3. The molecule has 140 heavy (non-hydrogen) atoms. The first-order chi connectivity index (χ1) is 67.7. The Morgan fingerprint density at radius 1 is 0.400 bits per heavy atom. The highest BCUT2D eigenvalue weighted by Gasteiger charge is 2.33. The number of fused-ring (bicyclic) bond motifs is 4. The van der Waals surface area contributed by atoms with Crippen molar-refractivity contribution in [3.8, 4) is 85.9 Å². The van der Waals surface area contributed by atoms with Gasteiger partial charge < -0.3 is 88.2 Å². The molecule has 5 N–H and O–H groups in total. The Labute approximate surface area is 823 Å². The minimum Gasteiger partial charge on any atom is -0.493 e. The van der Waals surface area contributed by atoms with E-state index in [1.54, 1.807) is 59.9 Å². The van der Waals surface area contributed by atoms with E-state index in [0.29, 0.717) is 178 Å². The van der Waals surface area contributed by atoms with Gasteiger partial charge in [-0.15, -0.1) is 11.3 Å². The number of sulfone groups is 4. The number of likely N-dealkylation sites (tertiary alicyclic amines) is 4. The topological polar surface area (TPSA) is 453 Å². The Balaban J connectivity index is 0.000000135. The van der Waals surface area contributed by atoms with E-state index in [-0.39, 0.29) is 76.0 Å². The molecule has 8 aliphatic heterocycles. The van der Waals surface area contributed by atoms with Crippen LogP contribution in [0, 0.1) is 32.1 Å². The molecule has 0 aliphatic carbocycles. The molecule has 4 aromatic carbocycles. The summed E-state index contributed by atoms with van der Waals surface area (Å²) in [6.45, 7) is 21.4. The number of ether oxygens (including phenoxy) is 8. The number of nitrogens with zero attached hydrogens (tertiary/aromatic N) is 15. The van der Waals surface area contributed by atoms with Gasteiger partial charge in [0.25, 0.3) is 0 Å². The van der Waals surface area contributed by atoms with E-state index in [2.05, 4.69) is 65.8 Å². The van der Waals surface area contributed by atoms with Gasteiger partial charge in [-0.1, -0.05) is 0 Å². The molecule has 7 aromatic heterocycles. The molecule has 0 saturated carbocycles. The molecule has 754 valence electrons. The van der Waals surface area contributed by atoms with Gasteiger partial charge in [0.15, 0.2) is 114 Å². The van der Waals surface area contributed by atoms with E-state index < -0.39 is 39.3 Å². The smallest absolute Gasteiger partial charge is 0.234 e. The number of H-pyrrole nitrogens is 1. The van der Waals surface area contributed by atoms with Crippen LogP contribution in [-0.2, 0) is 39.3 Å². The van der Waals surface area contributed by atoms with Crippen LogP contribution in [0.3, 0.4) is 0 Å². The first kappa shape index (κ1) is 102. The average molecular weight is 2020 g/mol. The largest absolute Gasteiger partial charge is 0.493 e. The van der Waals surface area contributed by atoms with Crippen molar-refractivity contribution in [2.75, 3.05) is 201 Å². The molecule has 11 aromatic rings. The number of aromatic amines is 1. The number of thiazole rings is 1. The second-order valence-electron chi connectivity index (χ2n) is 37.2. The summed E-state index contributed by atoms with van der Waals surface area (Å²) in [4.78, 5) is 59.8. The monoisotopic (exact) mass is 2020 g/mol. The van der Waals surface area contributed by atoms with Crippen molar-refractivity contribution < 1.29 is 76.0 Å². The molecule has 0 spiro atoms. The van der Waals surface area contributed by atoms with Crippen LogP contribution in [0.25, 0.3) is 77.4 Å². The zero-order valence-electron chi connectivity index (χ0n) is 81.0. The van der Waals surface area contributed by atoms with Gasteiger partial charge in [-0.05, 0) is 231 Å². The Morgan fingerprint density at radius 2 is 0.729 bits per heavy atom. The Kier molecular flexibility index (Phi) is 34.5. The molecule has 0 bridgehead atoms. The van der Waals surface area contributed by atoms with Crippen molar-refractivity contribution in [1.82, 2.24) is 74.4 Å². The van der Waals surface area contributed by atoms with Crippen LogP contribution < -0.4 is 59.2 Å². The molecule has 19 rings (SSSR count). The quantitative estimate of drug-likeness (QED) is 0.0230. The van der Waals surface area contributed by atoms with Crippen molar-refractivity contribution in [2.24, 2.45) is 0 Å². The maximum atomic E-state index is 12.2. The van der Waals surface area contributed by atoms with Crippen LogP contribution in [0.1, 0.15) is 151 Å². The first-order valence-corrected chi connectivity index (χ1v) is 57.1. The molecule has 0 radical (unpaired) electrons. The van der Waals surface area contributed by atoms with Crippen LogP contribution in [-0.4, -0.2) is 312 Å². The zero-order chi connectivity index (χ0) is 97.9. The van der Waals surface area contributed by atoms with E-state index in [9.17, 15) is 38.9 Å². The van der Waals surface area contributed by atoms with Crippen molar-refractivity contribution in [1.29, 1.82) is 5.26 Å². The summed E-state index contributed by atoms with van der Waals surface area (Å²) in [6.07, 6.45) is 22.8. The highest BCUT2D eigenvalue weighted by molar-refractivity contribution is 7.92. The maximum Gasteiger partial charge on any atom is 0.234 e. The minimum atomic E-state index is -3.09. The highest BCUT2D eigenvalue weighted by atomic mass is 32.2. The number of nitrogens with one attached hydrogen (secondary N) is 5. The number of nitriles is 1. The number of benzene rings is 4. The van der Waals surface area contributed by atoms with Crippen LogP contribution in [0.2, 0.25) is 0 Å². The molecule has 15 heterocycles. The molecule has 8 fully saturated rings. The van der Waals surface area contributed by atoms with E-state index >= 15 is 0 Å². The third kappa shape index (κ3) is 27.7. The second-order valence-corrected chi connectivity index (χ2v) is 47.4. The summed E-state index contributed by atoms with van der Waals surface area (Å²) in [5.41, 5.74) is 4.43. The summed E-state index contributed by atoms with van der Waals surface area (Å²) in [7, 11) is -5.88. The van der Waals surface area contributed by atoms with E-state index in [1.165, 1.54) is 88.9 Å². The standard InChI is InChI=1S/C26H35N5O4S.C25H33N5O5S.C25H33N5O4S2.C22H29N5O4S/c1-18-8-9-21(27-18)26-29-22-16-24(35-13-6-12-31-10-3-4-11-31)23(34-2)15-20(22)25(30-26)28-19-7-5-14-36(32,33)17-19;2*1-17-26-15-23(35-17)25-28-20-14-22(34-11-6-10-30-8-3-4-9-30)21(33-2)13-19(20)24(29-25)27-18-7-5-12-36(31,32)16-18;1-30-19-12-17-18(13-20(19)31-10-5-9-27-7-2-3-8-27)25-21(14-23)26-22(17)24-16-6-4-11-32(28,29)15-16/h8-9,15-16,19,27H,3-7,10-14,17H2,1-2H3,(H,28,29,30);2*13-15,18H,3-12,16H2,1-2H3,(H,27,28,29);12-13,16H,2-11,15H2,1H3,(H,24,25,26). The van der Waals surface area contributed by atoms with Gasteiger partial charge in [0, 0.05) is 115 Å². The molecule has 8 saturated heterocycles. The molecule has 37 nitrogen and oxygen atoms in total. The molecule has 4 atom stereocenters. The van der Waals surface area contributed by atoms with Crippen LogP contribution in [0.5, 0.6) is 46.0 Å². The lowest BCUT2D eigenvalue weighted by atomic mass is 10.1. The number of rotatable bonds is 35. The zero-order valence-corrected chi connectivity index (χ0v) is 85.1. The van der Waals surface area contributed by atoms with Crippen LogP contribution in [0.15, 0.2) is 77.5 Å². The maximum absolute atomic E-state index is 12.2. The fourth-order valence-corrected chi connectivity index (χ4v) is 26.5. The molecule has 0 amide bonds. The van der Waals surface area contributed by atoms with Gasteiger partial charge in [0.05, 0.1) is 145 Å². The lowest BCUT2D eigenvalue weighted by Crippen LogP contribution is -2.35. The van der Waals surface area contributed by atoms with Gasteiger partial charge in [-0.25, -0.2) is 83.5 Å². The molecular formula is C98H130N20O17S5. The summed E-state index contributed by atoms with van der Waals surface area (Å²) in [5, 5.41) is 26.6. The molecule has 8 aliphatic rings. The third-order valence-corrected chi connectivity index (χ3v) is 34.5. The van der Waals surface area contributed by atoms with Crippen molar-refractivity contribution in [3.63, 3.8) is 0 Å². The summed E-state index contributed by atoms with van der Waals surface area (Å²) >= 11 is 1.52. The van der Waals surface area contributed by atoms with Crippen molar-refractivity contribution in [3.05, 3.63) is 95.5 Å². The third-order valence-electron chi connectivity index (χ3n) is 26.3. The van der Waals surface area contributed by atoms with E-state index in [1.807, 2.05) is 68.4 Å². The van der Waals surface area contributed by atoms with E-state index in [0.717, 1.165) is 141 Å². The summed E-state index contributed by atoms with van der Waals surface area (Å²) < 4.78 is 150. The van der Waals surface area contributed by atoms with Crippen molar-refractivity contribution >= 4 is 118 Å². The van der Waals surface area contributed by atoms with Crippen LogP contribution >= 0.6 is 11.3 Å². The molecule has 42 heteroatoms. The Hall–Kier alpha value is -10.9. The Bertz CT molecular complexity index is 6160. The van der Waals surface area contributed by atoms with Gasteiger partial charge in [0.1, 0.15) is 29.3 Å². The predicted octanol–water partition coefficient (Wildman–Crippen LogP) is 13.5. The Morgan fingerprint density at radius 3 is 1.04 bits per heavy atom. The van der Waals surface area contributed by atoms with Crippen LogP contribution in [0.4, 0.5) is 23.3 Å². The van der Waals surface area contributed by atoms with Gasteiger partial charge in [-0.2, -0.15) is 5.26 Å². The first-order valence-electron chi connectivity index (χ1n) is 49.0. The number of hydrogen-bond acceptors (Lipinski definition) is 37. The summed E-state index contributed by atoms with van der Waals surface area (Å²) in [5.74, 6) is 10.7. The second kappa shape index (κ2) is 47.3. The number of hydrogen-bond donors (Lipinski definition) is 5. The number of oxazole rings is 1. The predicted molar refractivity (Wildman–Crippen MR) is 544 cm³/mol. The lowest BCUT2D eigenvalue weighted by Gasteiger charge is -2.24. The lowest BCUT2D eigenvalue weighted by molar-refractivity contribution is 0.254. The normalized spacial score (nSPS) is 20.2. The number of aromatic nitrogens is 11. The highest BCUT2D eigenvalue weighted by Crippen LogP contribution is 2.43. The minimum absolute atomic E-state index is 0.0174. The SMILES string of the molecule is COc1cc2c(NC3CCCS(=O)(=O)C3)nc(-c3ccc(C)[nH]3)nc2cc1OCCCN1CCCC1.COc1cc2c(NC3CCCS(=O)(=O)C3)nc(-c3cnc(C)o3)nc2cc1OCCCN1CCCC1.COc1cc2c(NC3CCCS(=O)(=O)C3)nc(-c3cnc(C)s3)nc2cc1OCCCN1CCCC1.COc1cc2c(NC3CCCS(=O)(=O)C3)nc(C#N)nc2cc1OCCCN1CCCC1. The molecule has 4 unspecified atom stereocenters. The van der Waals surface area contributed by atoms with Gasteiger partial charge >= 0.3 is 0 Å². The average Bonchev–Trinajstić information content (AvgIpc) is 0.965. The fraction of sp³-hybridized carbons (Fsp3) is 0.561. The summed E-state index contributed by atoms with van der Waals surface area (Å²) in [6, 6.07) is 19.8. The van der Waals surface area contributed by atoms with E-state index in [4.69, 9.17) is 72.2 Å². The fourth-order valence-electron chi connectivity index (χ4n) is 19.3. The molecular weight excluding hydrogens is 1890 g/mol. The van der Waals surface area contributed by atoms with Gasteiger partial charge in [0.2, 0.25) is 5.82 Å². The number of methoxy groups -OCH3 is 4. The number of anilines is 4.